The van der Waals surface area contributed by atoms with E-state index in [4.69, 9.17) is 11.5 Å². The Balaban J connectivity index is 1.98. The van der Waals surface area contributed by atoms with Crippen LogP contribution in [0.4, 0.5) is 11.4 Å². The molecule has 0 saturated heterocycles. The molecule has 0 bridgehead atoms. The van der Waals surface area contributed by atoms with Crippen LogP contribution < -0.4 is 16.8 Å². The first-order valence-corrected chi connectivity index (χ1v) is 7.36. The Hall–Kier alpha value is -1.75. The van der Waals surface area contributed by atoms with Crippen molar-refractivity contribution in [2.24, 2.45) is 11.1 Å². The fourth-order valence-corrected chi connectivity index (χ4v) is 2.71. The van der Waals surface area contributed by atoms with E-state index in [9.17, 15) is 9.90 Å². The molecule has 116 valence electrons. The van der Waals surface area contributed by atoms with Crippen LogP contribution in [-0.4, -0.2) is 23.2 Å². The van der Waals surface area contributed by atoms with Crippen molar-refractivity contribution < 1.29 is 9.90 Å². The quantitative estimate of drug-likeness (QED) is 0.638. The summed E-state index contributed by atoms with van der Waals surface area (Å²) in [5, 5.41) is 13.8. The molecule has 0 radical (unpaired) electrons. The molecule has 1 aliphatic carbocycles. The molecular formula is C16H25N3O2. The smallest absolute Gasteiger partial charge is 0.248 e. The number of primary amides is 1. The van der Waals surface area contributed by atoms with Gasteiger partial charge >= 0.3 is 0 Å². The molecule has 21 heavy (non-hydrogen) atoms. The molecule has 1 aromatic rings. The van der Waals surface area contributed by atoms with Crippen LogP contribution in [0.25, 0.3) is 0 Å². The van der Waals surface area contributed by atoms with E-state index in [0.29, 0.717) is 23.2 Å². The van der Waals surface area contributed by atoms with E-state index < -0.39 is 11.5 Å². The number of hydrogen-bond donors (Lipinski definition) is 4. The first kappa shape index (κ1) is 15.6. The van der Waals surface area contributed by atoms with Gasteiger partial charge in [0, 0.05) is 12.1 Å². The molecule has 0 atom stereocenters. The number of amides is 1. The summed E-state index contributed by atoms with van der Waals surface area (Å²) in [5.74, 6) is -0.499. The Bertz CT molecular complexity index is 530. The second-order valence-electron chi connectivity index (χ2n) is 6.91. The molecule has 1 fully saturated rings. The molecular weight excluding hydrogens is 266 g/mol. The van der Waals surface area contributed by atoms with Gasteiger partial charge in [-0.2, -0.15) is 0 Å². The fraction of sp³-hybridized carbons (Fsp3) is 0.562. The number of hydrogen-bond acceptors (Lipinski definition) is 4. The largest absolute Gasteiger partial charge is 0.397 e. The predicted octanol–water partition coefficient (Wildman–Crippen LogP) is 2.11. The molecule has 0 spiro atoms. The third-order valence-electron chi connectivity index (χ3n) is 4.48. The molecule has 0 heterocycles. The van der Waals surface area contributed by atoms with Crippen molar-refractivity contribution in [3.8, 4) is 0 Å². The highest BCUT2D eigenvalue weighted by Gasteiger charge is 2.36. The lowest BCUT2D eigenvalue weighted by molar-refractivity contribution is -0.0145. The average molecular weight is 291 g/mol. The molecule has 1 aromatic carbocycles. The summed E-state index contributed by atoms with van der Waals surface area (Å²) in [5.41, 5.74) is 12.3. The van der Waals surface area contributed by atoms with Crippen LogP contribution in [0.5, 0.6) is 0 Å². The summed E-state index contributed by atoms with van der Waals surface area (Å²) >= 11 is 0. The Morgan fingerprint density at radius 3 is 2.43 bits per heavy atom. The van der Waals surface area contributed by atoms with Crippen LogP contribution in [0.3, 0.4) is 0 Å². The summed E-state index contributed by atoms with van der Waals surface area (Å²) in [4.78, 5) is 11.1. The van der Waals surface area contributed by atoms with Gasteiger partial charge in [0.15, 0.2) is 0 Å². The number of carbonyl (C=O) groups is 1. The highest BCUT2D eigenvalue weighted by molar-refractivity contribution is 5.94. The van der Waals surface area contributed by atoms with Crippen LogP contribution in [0.2, 0.25) is 0 Å². The minimum Gasteiger partial charge on any atom is -0.397 e. The standard InChI is InChI=1S/C16H25N3O2/c1-15(2)5-7-16(21,8-6-15)10-19-13-4-3-11(14(18)20)9-12(13)17/h3-4,9,19,21H,5-8,10,17H2,1-2H3,(H2,18,20). The van der Waals surface area contributed by atoms with E-state index >= 15 is 0 Å². The van der Waals surface area contributed by atoms with Crippen LogP contribution in [-0.2, 0) is 0 Å². The van der Waals surface area contributed by atoms with Crippen molar-refractivity contribution in [1.29, 1.82) is 0 Å². The highest BCUT2D eigenvalue weighted by Crippen LogP contribution is 2.40. The van der Waals surface area contributed by atoms with Crippen LogP contribution in [0.15, 0.2) is 18.2 Å². The van der Waals surface area contributed by atoms with E-state index in [1.807, 2.05) is 0 Å². The summed E-state index contributed by atoms with van der Waals surface area (Å²) in [6, 6.07) is 4.92. The fourth-order valence-electron chi connectivity index (χ4n) is 2.71. The Labute approximate surface area is 125 Å². The van der Waals surface area contributed by atoms with Gasteiger partial charge < -0.3 is 21.9 Å². The molecule has 1 saturated carbocycles. The maximum atomic E-state index is 11.1. The topological polar surface area (TPSA) is 101 Å². The zero-order chi connectivity index (χ0) is 15.7. The van der Waals surface area contributed by atoms with Crippen molar-refractivity contribution in [3.63, 3.8) is 0 Å². The maximum Gasteiger partial charge on any atom is 0.248 e. The van der Waals surface area contributed by atoms with Gasteiger partial charge in [-0.1, -0.05) is 13.8 Å². The highest BCUT2D eigenvalue weighted by atomic mass is 16.3. The van der Waals surface area contributed by atoms with Crippen molar-refractivity contribution in [1.82, 2.24) is 0 Å². The van der Waals surface area contributed by atoms with Gasteiger partial charge in [0.2, 0.25) is 5.91 Å². The second-order valence-corrected chi connectivity index (χ2v) is 6.91. The number of aliphatic hydroxyl groups is 1. The first-order chi connectivity index (χ1) is 9.71. The van der Waals surface area contributed by atoms with Gasteiger partial charge in [0.25, 0.3) is 0 Å². The normalized spacial score (nSPS) is 20.0. The lowest BCUT2D eigenvalue weighted by Gasteiger charge is -2.40. The van der Waals surface area contributed by atoms with E-state index in [0.717, 1.165) is 31.4 Å². The van der Waals surface area contributed by atoms with Crippen molar-refractivity contribution >= 4 is 17.3 Å². The van der Waals surface area contributed by atoms with Crippen LogP contribution in [0, 0.1) is 5.41 Å². The molecule has 1 aliphatic rings. The van der Waals surface area contributed by atoms with Crippen LogP contribution in [0.1, 0.15) is 49.9 Å². The molecule has 1 amide bonds. The van der Waals surface area contributed by atoms with Gasteiger partial charge in [-0.25, -0.2) is 0 Å². The van der Waals surface area contributed by atoms with E-state index in [-0.39, 0.29) is 0 Å². The Kier molecular flexibility index (Phi) is 4.14. The molecule has 0 aromatic heterocycles. The number of anilines is 2. The first-order valence-electron chi connectivity index (χ1n) is 7.36. The van der Waals surface area contributed by atoms with Gasteiger partial charge in [0.05, 0.1) is 17.0 Å². The molecule has 0 unspecified atom stereocenters. The number of carbonyl (C=O) groups excluding carboxylic acids is 1. The third-order valence-corrected chi connectivity index (χ3v) is 4.48. The number of nitrogen functional groups attached to an aromatic ring is 1. The van der Waals surface area contributed by atoms with Crippen molar-refractivity contribution in [3.05, 3.63) is 23.8 Å². The lowest BCUT2D eigenvalue weighted by atomic mass is 9.71. The van der Waals surface area contributed by atoms with E-state index in [1.54, 1.807) is 18.2 Å². The molecule has 5 heteroatoms. The van der Waals surface area contributed by atoms with Gasteiger partial charge in [-0.15, -0.1) is 0 Å². The van der Waals surface area contributed by atoms with E-state index in [2.05, 4.69) is 19.2 Å². The van der Waals surface area contributed by atoms with Gasteiger partial charge in [0.1, 0.15) is 0 Å². The van der Waals surface area contributed by atoms with Gasteiger partial charge in [-0.3, -0.25) is 4.79 Å². The lowest BCUT2D eigenvalue weighted by Crippen LogP contribution is -2.42. The van der Waals surface area contributed by atoms with Crippen molar-refractivity contribution in [2.75, 3.05) is 17.6 Å². The summed E-state index contributed by atoms with van der Waals surface area (Å²) in [7, 11) is 0. The number of benzene rings is 1. The van der Waals surface area contributed by atoms with E-state index in [1.165, 1.54) is 0 Å². The summed E-state index contributed by atoms with van der Waals surface area (Å²) < 4.78 is 0. The number of nitrogens with one attached hydrogen (secondary N) is 1. The number of nitrogens with two attached hydrogens (primary N) is 2. The van der Waals surface area contributed by atoms with Crippen molar-refractivity contribution in [2.45, 2.75) is 45.1 Å². The van der Waals surface area contributed by atoms with Crippen LogP contribution >= 0.6 is 0 Å². The second kappa shape index (κ2) is 5.56. The monoisotopic (exact) mass is 291 g/mol. The molecule has 6 N–H and O–H groups in total. The molecule has 2 rings (SSSR count). The average Bonchev–Trinajstić information content (AvgIpc) is 2.41. The minimum atomic E-state index is -0.690. The van der Waals surface area contributed by atoms with Gasteiger partial charge in [-0.05, 0) is 49.3 Å². The Morgan fingerprint density at radius 1 is 1.29 bits per heavy atom. The minimum absolute atomic E-state index is 0.314. The predicted molar refractivity (Wildman–Crippen MR) is 85.1 cm³/mol. The zero-order valence-corrected chi connectivity index (χ0v) is 12.8. The molecule has 5 nitrogen and oxygen atoms in total. The summed E-state index contributed by atoms with van der Waals surface area (Å²) in [6.45, 7) is 4.93. The molecule has 0 aliphatic heterocycles. The zero-order valence-electron chi connectivity index (χ0n) is 12.8. The third kappa shape index (κ3) is 3.88. The SMILES string of the molecule is CC1(C)CCC(O)(CNc2ccc(C(N)=O)cc2N)CC1. The maximum absolute atomic E-state index is 11.1. The summed E-state index contributed by atoms with van der Waals surface area (Å²) in [6.07, 6.45) is 3.60. The number of rotatable bonds is 4. The Morgan fingerprint density at radius 2 is 1.90 bits per heavy atom.